The largest absolute Gasteiger partial charge is 0.393 e. The van der Waals surface area contributed by atoms with Gasteiger partial charge in [0.25, 0.3) is 0 Å². The van der Waals surface area contributed by atoms with E-state index in [0.717, 1.165) is 5.75 Å². The van der Waals surface area contributed by atoms with E-state index in [-0.39, 0.29) is 12.0 Å². The van der Waals surface area contributed by atoms with Crippen molar-refractivity contribution in [1.82, 2.24) is 4.90 Å². The van der Waals surface area contributed by atoms with Crippen LogP contribution in [0.2, 0.25) is 0 Å². The number of rotatable bonds is 4. The van der Waals surface area contributed by atoms with Crippen LogP contribution in [0.5, 0.6) is 0 Å². The van der Waals surface area contributed by atoms with E-state index < -0.39 is 0 Å². The Kier molecular flexibility index (Phi) is 5.29. The van der Waals surface area contributed by atoms with Crippen LogP contribution in [0.25, 0.3) is 0 Å². The van der Waals surface area contributed by atoms with Gasteiger partial charge in [0.15, 0.2) is 0 Å². The number of aliphatic hydroxyl groups excluding tert-OH is 1. The van der Waals surface area contributed by atoms with Gasteiger partial charge in [-0.1, -0.05) is 0 Å². The quantitative estimate of drug-likeness (QED) is 0.634. The Morgan fingerprint density at radius 1 is 1.50 bits per heavy atom. The Morgan fingerprint density at radius 2 is 2.14 bits per heavy atom. The molecule has 82 valence electrons. The molecule has 14 heavy (non-hydrogen) atoms. The molecule has 0 aromatic rings. The van der Waals surface area contributed by atoms with Gasteiger partial charge in [-0.3, -0.25) is 4.79 Å². The van der Waals surface area contributed by atoms with Crippen molar-refractivity contribution in [2.75, 3.05) is 31.1 Å². The van der Waals surface area contributed by atoms with Crippen LogP contribution in [0, 0.1) is 0 Å². The highest BCUT2D eigenvalue weighted by molar-refractivity contribution is 7.99. The second-order valence-corrected chi connectivity index (χ2v) is 4.56. The van der Waals surface area contributed by atoms with E-state index in [2.05, 4.69) is 0 Å². The molecule has 1 fully saturated rings. The molecule has 1 aliphatic rings. The van der Waals surface area contributed by atoms with Gasteiger partial charge >= 0.3 is 0 Å². The molecule has 1 rings (SSSR count). The van der Waals surface area contributed by atoms with Crippen LogP contribution in [0.4, 0.5) is 0 Å². The minimum atomic E-state index is -0.212. The van der Waals surface area contributed by atoms with Crippen LogP contribution in [0.1, 0.15) is 12.8 Å². The maximum Gasteiger partial charge on any atom is 0.232 e. The van der Waals surface area contributed by atoms with Crippen molar-refractivity contribution in [3.05, 3.63) is 0 Å². The molecule has 0 atom stereocenters. The number of likely N-dealkylation sites (tertiary alicyclic amines) is 1. The molecule has 0 spiro atoms. The third-order valence-corrected chi connectivity index (χ3v) is 3.28. The fraction of sp³-hybridized carbons (Fsp3) is 0.889. The number of carbonyl (C=O) groups excluding carboxylic acids is 1. The number of amides is 1. The van der Waals surface area contributed by atoms with Gasteiger partial charge < -0.3 is 15.7 Å². The molecule has 0 aliphatic carbocycles. The zero-order valence-electron chi connectivity index (χ0n) is 8.32. The summed E-state index contributed by atoms with van der Waals surface area (Å²) in [5.41, 5.74) is 5.33. The molecular weight excluding hydrogens is 200 g/mol. The Morgan fingerprint density at radius 3 is 2.71 bits per heavy atom. The van der Waals surface area contributed by atoms with Gasteiger partial charge in [-0.2, -0.15) is 11.8 Å². The predicted octanol–water partition coefficient (Wildman–Crippen LogP) is -0.338. The summed E-state index contributed by atoms with van der Waals surface area (Å²) < 4.78 is 0. The van der Waals surface area contributed by atoms with Crippen molar-refractivity contribution in [3.63, 3.8) is 0 Å². The second-order valence-electron chi connectivity index (χ2n) is 3.45. The topological polar surface area (TPSA) is 66.6 Å². The molecule has 0 unspecified atom stereocenters. The highest BCUT2D eigenvalue weighted by Crippen LogP contribution is 2.11. The Hall–Kier alpha value is -0.260. The number of piperidine rings is 1. The van der Waals surface area contributed by atoms with Gasteiger partial charge in [-0.25, -0.2) is 0 Å². The first-order valence-electron chi connectivity index (χ1n) is 4.97. The first-order valence-corrected chi connectivity index (χ1v) is 6.13. The molecule has 1 saturated heterocycles. The minimum Gasteiger partial charge on any atom is -0.393 e. The first-order chi connectivity index (χ1) is 6.74. The maximum absolute atomic E-state index is 11.6. The monoisotopic (exact) mass is 218 g/mol. The van der Waals surface area contributed by atoms with E-state index in [1.54, 1.807) is 11.8 Å². The van der Waals surface area contributed by atoms with Crippen LogP contribution >= 0.6 is 11.8 Å². The number of nitrogens with two attached hydrogens (primary N) is 1. The smallest absolute Gasteiger partial charge is 0.232 e. The lowest BCUT2D eigenvalue weighted by molar-refractivity contribution is -0.130. The number of hydrogen-bond donors (Lipinski definition) is 2. The van der Waals surface area contributed by atoms with Crippen molar-refractivity contribution in [2.45, 2.75) is 18.9 Å². The molecule has 4 nitrogen and oxygen atoms in total. The van der Waals surface area contributed by atoms with Crippen LogP contribution in [-0.2, 0) is 4.79 Å². The average Bonchev–Trinajstić information content (AvgIpc) is 2.19. The molecule has 5 heteroatoms. The zero-order valence-corrected chi connectivity index (χ0v) is 9.13. The normalized spacial score (nSPS) is 18.6. The van der Waals surface area contributed by atoms with Crippen molar-refractivity contribution >= 4 is 17.7 Å². The van der Waals surface area contributed by atoms with E-state index in [9.17, 15) is 9.90 Å². The summed E-state index contributed by atoms with van der Waals surface area (Å²) in [6, 6.07) is 0. The third-order valence-electron chi connectivity index (χ3n) is 2.30. The summed E-state index contributed by atoms with van der Waals surface area (Å²) in [6.07, 6.45) is 1.22. The molecular formula is C9H18N2O2S. The molecule has 1 aliphatic heterocycles. The number of carbonyl (C=O) groups is 1. The SMILES string of the molecule is NCCSCC(=O)N1CCC(O)CC1. The van der Waals surface area contributed by atoms with Gasteiger partial charge in [0.1, 0.15) is 0 Å². The summed E-state index contributed by atoms with van der Waals surface area (Å²) in [5, 5.41) is 9.26. The summed E-state index contributed by atoms with van der Waals surface area (Å²) in [4.78, 5) is 13.4. The number of nitrogens with zero attached hydrogens (tertiary/aromatic N) is 1. The number of aliphatic hydroxyl groups is 1. The fourth-order valence-corrected chi connectivity index (χ4v) is 2.12. The Bertz CT molecular complexity index is 182. The summed E-state index contributed by atoms with van der Waals surface area (Å²) in [7, 11) is 0. The van der Waals surface area contributed by atoms with Crippen molar-refractivity contribution in [2.24, 2.45) is 5.73 Å². The van der Waals surface area contributed by atoms with Crippen molar-refractivity contribution in [3.8, 4) is 0 Å². The predicted molar refractivity (Wildman–Crippen MR) is 58.2 cm³/mol. The summed E-state index contributed by atoms with van der Waals surface area (Å²) in [5.74, 6) is 1.53. The van der Waals surface area contributed by atoms with Gasteiger partial charge in [0.2, 0.25) is 5.91 Å². The number of hydrogen-bond acceptors (Lipinski definition) is 4. The molecule has 0 radical (unpaired) electrons. The lowest BCUT2D eigenvalue weighted by atomic mass is 10.1. The van der Waals surface area contributed by atoms with Crippen molar-refractivity contribution in [1.29, 1.82) is 0 Å². The Labute approximate surface area is 88.8 Å². The lowest BCUT2D eigenvalue weighted by Crippen LogP contribution is -2.41. The molecule has 0 aromatic heterocycles. The molecule has 1 amide bonds. The standard InChI is InChI=1S/C9H18N2O2S/c10-3-6-14-7-9(13)11-4-1-8(12)2-5-11/h8,12H,1-7,10H2. The fourth-order valence-electron chi connectivity index (χ4n) is 1.45. The molecule has 0 bridgehead atoms. The van der Waals surface area contributed by atoms with Crippen LogP contribution in [-0.4, -0.2) is 53.2 Å². The van der Waals surface area contributed by atoms with Crippen LogP contribution in [0.15, 0.2) is 0 Å². The summed E-state index contributed by atoms with van der Waals surface area (Å²) in [6.45, 7) is 2.02. The third kappa shape index (κ3) is 3.86. The number of thioether (sulfide) groups is 1. The molecule has 3 N–H and O–H groups in total. The second kappa shape index (κ2) is 6.27. The van der Waals surface area contributed by atoms with E-state index in [1.165, 1.54) is 0 Å². The minimum absolute atomic E-state index is 0.176. The van der Waals surface area contributed by atoms with E-state index in [4.69, 9.17) is 5.73 Å². The lowest BCUT2D eigenvalue weighted by Gasteiger charge is -2.29. The Balaban J connectivity index is 2.17. The molecule has 0 aromatic carbocycles. The zero-order chi connectivity index (χ0) is 10.4. The summed E-state index contributed by atoms with van der Waals surface area (Å²) >= 11 is 1.58. The average molecular weight is 218 g/mol. The van der Waals surface area contributed by atoms with E-state index >= 15 is 0 Å². The molecule has 1 heterocycles. The van der Waals surface area contributed by atoms with E-state index in [0.29, 0.717) is 38.2 Å². The van der Waals surface area contributed by atoms with Crippen molar-refractivity contribution < 1.29 is 9.90 Å². The van der Waals surface area contributed by atoms with Gasteiger partial charge in [0.05, 0.1) is 11.9 Å². The van der Waals surface area contributed by atoms with Crippen LogP contribution < -0.4 is 5.73 Å². The highest BCUT2D eigenvalue weighted by Gasteiger charge is 2.20. The van der Waals surface area contributed by atoms with Gasteiger partial charge in [0, 0.05) is 25.4 Å². The first kappa shape index (κ1) is 11.8. The maximum atomic E-state index is 11.6. The molecule has 0 saturated carbocycles. The van der Waals surface area contributed by atoms with E-state index in [1.807, 2.05) is 4.90 Å². The van der Waals surface area contributed by atoms with Gasteiger partial charge in [-0.05, 0) is 12.8 Å². The van der Waals surface area contributed by atoms with Gasteiger partial charge in [-0.15, -0.1) is 0 Å². The highest BCUT2D eigenvalue weighted by atomic mass is 32.2. The van der Waals surface area contributed by atoms with Crippen LogP contribution in [0.3, 0.4) is 0 Å².